The first-order valence-electron chi connectivity index (χ1n) is 6.15. The molecule has 0 spiro atoms. The minimum absolute atomic E-state index is 0.185. The Morgan fingerprint density at radius 2 is 2.41 bits per heavy atom. The summed E-state index contributed by atoms with van der Waals surface area (Å²) in [5, 5.41) is 0. The van der Waals surface area contributed by atoms with Gasteiger partial charge in [-0.05, 0) is 31.7 Å². The van der Waals surface area contributed by atoms with Crippen LogP contribution in [0.4, 0.5) is 0 Å². The second-order valence-corrected chi connectivity index (χ2v) is 4.22. The molecule has 17 heavy (non-hydrogen) atoms. The van der Waals surface area contributed by atoms with Crippen LogP contribution in [0.25, 0.3) is 0 Å². The van der Waals surface area contributed by atoms with Crippen LogP contribution in [0, 0.1) is 0 Å². The highest BCUT2D eigenvalue weighted by atomic mass is 16.5. The van der Waals surface area contributed by atoms with Crippen molar-refractivity contribution in [2.75, 3.05) is 13.2 Å². The summed E-state index contributed by atoms with van der Waals surface area (Å²) >= 11 is 0. The average molecular weight is 234 g/mol. The third-order valence-corrected chi connectivity index (χ3v) is 3.12. The molecule has 4 heteroatoms. The number of aromatic nitrogens is 1. The van der Waals surface area contributed by atoms with E-state index in [0.717, 1.165) is 31.4 Å². The van der Waals surface area contributed by atoms with Gasteiger partial charge in [0.2, 0.25) is 12.3 Å². The molecule has 0 N–H and O–H groups in total. The Bertz CT molecular complexity index is 364. The van der Waals surface area contributed by atoms with Crippen LogP contribution >= 0.6 is 0 Å². The fourth-order valence-corrected chi connectivity index (χ4v) is 2.26. The first-order chi connectivity index (χ1) is 8.35. The number of carbonyl (C=O) groups is 1. The molecule has 1 atom stereocenters. The zero-order valence-electron chi connectivity index (χ0n) is 10.1. The Morgan fingerprint density at radius 1 is 1.53 bits per heavy atom. The number of piperidine rings is 1. The third-order valence-electron chi connectivity index (χ3n) is 3.12. The van der Waals surface area contributed by atoms with E-state index < -0.39 is 0 Å². The maximum atomic E-state index is 11.0. The predicted molar refractivity (Wildman–Crippen MR) is 64.8 cm³/mol. The lowest BCUT2D eigenvalue weighted by Crippen LogP contribution is -2.32. The van der Waals surface area contributed by atoms with E-state index in [4.69, 9.17) is 4.74 Å². The van der Waals surface area contributed by atoms with Crippen LogP contribution in [-0.4, -0.2) is 29.4 Å². The van der Waals surface area contributed by atoms with Crippen molar-refractivity contribution >= 4 is 6.41 Å². The van der Waals surface area contributed by atoms with Gasteiger partial charge in [-0.2, -0.15) is 0 Å². The third kappa shape index (κ3) is 2.75. The number of hydrogen-bond acceptors (Lipinski definition) is 3. The normalized spacial score (nSPS) is 20.1. The molecule has 0 aromatic carbocycles. The lowest BCUT2D eigenvalue weighted by atomic mass is 9.97. The number of pyridine rings is 1. The van der Waals surface area contributed by atoms with Gasteiger partial charge >= 0.3 is 0 Å². The van der Waals surface area contributed by atoms with Gasteiger partial charge in [-0.15, -0.1) is 0 Å². The van der Waals surface area contributed by atoms with Crippen LogP contribution in [0.2, 0.25) is 0 Å². The molecule has 1 fully saturated rings. The van der Waals surface area contributed by atoms with Crippen molar-refractivity contribution in [3.05, 3.63) is 23.9 Å². The van der Waals surface area contributed by atoms with Gasteiger partial charge < -0.3 is 9.64 Å². The van der Waals surface area contributed by atoms with Crippen LogP contribution in [0.5, 0.6) is 5.88 Å². The van der Waals surface area contributed by atoms with E-state index in [1.54, 1.807) is 0 Å². The Balaban J connectivity index is 2.11. The standard InChI is InChI=1S/C13H18N2O2/c1-2-17-13-7-6-11(9-14-13)12-5-3-4-8-15(12)10-16/h6-7,9-10,12H,2-5,8H2,1H3. The Kier molecular flexibility index (Phi) is 3.96. The maximum Gasteiger partial charge on any atom is 0.213 e. The number of amides is 1. The second kappa shape index (κ2) is 5.66. The zero-order valence-corrected chi connectivity index (χ0v) is 10.1. The molecule has 1 aromatic rings. The van der Waals surface area contributed by atoms with Crippen LogP contribution in [-0.2, 0) is 4.79 Å². The van der Waals surface area contributed by atoms with Gasteiger partial charge in [-0.3, -0.25) is 4.79 Å². The summed E-state index contributed by atoms with van der Waals surface area (Å²) in [6.45, 7) is 3.41. The number of carbonyl (C=O) groups excluding carboxylic acids is 1. The van der Waals surface area contributed by atoms with E-state index in [1.807, 2.05) is 30.2 Å². The number of ether oxygens (including phenoxy) is 1. The van der Waals surface area contributed by atoms with Crippen LogP contribution < -0.4 is 4.74 Å². The van der Waals surface area contributed by atoms with Crippen molar-refractivity contribution in [2.45, 2.75) is 32.2 Å². The van der Waals surface area contributed by atoms with Crippen molar-refractivity contribution in [1.29, 1.82) is 0 Å². The minimum atomic E-state index is 0.185. The first kappa shape index (κ1) is 11.9. The summed E-state index contributed by atoms with van der Waals surface area (Å²) in [4.78, 5) is 17.1. The average Bonchev–Trinajstić information content (AvgIpc) is 2.40. The number of hydrogen-bond donors (Lipinski definition) is 0. The van der Waals surface area contributed by atoms with E-state index in [9.17, 15) is 4.79 Å². The van der Waals surface area contributed by atoms with Crippen LogP contribution in [0.3, 0.4) is 0 Å². The molecule has 2 rings (SSSR count). The summed E-state index contributed by atoms with van der Waals surface area (Å²) in [6, 6.07) is 4.06. The highest BCUT2D eigenvalue weighted by molar-refractivity contribution is 5.49. The van der Waals surface area contributed by atoms with E-state index >= 15 is 0 Å². The maximum absolute atomic E-state index is 11.0. The van der Waals surface area contributed by atoms with Crippen molar-refractivity contribution in [3.8, 4) is 5.88 Å². The van der Waals surface area contributed by atoms with Crippen LogP contribution in [0.1, 0.15) is 37.8 Å². The highest BCUT2D eigenvalue weighted by Gasteiger charge is 2.22. The van der Waals surface area contributed by atoms with Gasteiger partial charge in [-0.1, -0.05) is 6.07 Å². The molecular weight excluding hydrogens is 216 g/mol. The molecule has 1 aliphatic rings. The van der Waals surface area contributed by atoms with Gasteiger partial charge in [0.15, 0.2) is 0 Å². The fraction of sp³-hybridized carbons (Fsp3) is 0.538. The lowest BCUT2D eigenvalue weighted by Gasteiger charge is -2.32. The molecular formula is C13H18N2O2. The van der Waals surface area contributed by atoms with E-state index in [-0.39, 0.29) is 6.04 Å². The van der Waals surface area contributed by atoms with Crippen molar-refractivity contribution in [1.82, 2.24) is 9.88 Å². The van der Waals surface area contributed by atoms with Crippen molar-refractivity contribution in [2.24, 2.45) is 0 Å². The summed E-state index contributed by atoms with van der Waals surface area (Å²) in [6.07, 6.45) is 6.05. The Labute approximate surface area is 102 Å². The van der Waals surface area contributed by atoms with E-state index in [0.29, 0.717) is 12.5 Å². The molecule has 1 saturated heterocycles. The molecule has 2 heterocycles. The molecule has 92 valence electrons. The zero-order chi connectivity index (χ0) is 12.1. The Morgan fingerprint density at radius 3 is 3.06 bits per heavy atom. The smallest absolute Gasteiger partial charge is 0.213 e. The minimum Gasteiger partial charge on any atom is -0.478 e. The number of likely N-dealkylation sites (tertiary alicyclic amines) is 1. The summed E-state index contributed by atoms with van der Waals surface area (Å²) in [5.74, 6) is 0.643. The first-order valence-corrected chi connectivity index (χ1v) is 6.15. The molecule has 0 saturated carbocycles. The van der Waals surface area contributed by atoms with Crippen molar-refractivity contribution in [3.63, 3.8) is 0 Å². The van der Waals surface area contributed by atoms with E-state index in [1.165, 1.54) is 6.42 Å². The van der Waals surface area contributed by atoms with Gasteiger partial charge in [0.1, 0.15) is 0 Å². The Hall–Kier alpha value is -1.58. The molecule has 0 aliphatic carbocycles. The number of rotatable bonds is 4. The highest BCUT2D eigenvalue weighted by Crippen LogP contribution is 2.29. The van der Waals surface area contributed by atoms with Gasteiger partial charge in [-0.25, -0.2) is 4.98 Å². The summed E-state index contributed by atoms with van der Waals surface area (Å²) in [5.41, 5.74) is 1.10. The van der Waals surface area contributed by atoms with Gasteiger partial charge in [0, 0.05) is 18.8 Å². The van der Waals surface area contributed by atoms with Crippen molar-refractivity contribution < 1.29 is 9.53 Å². The monoisotopic (exact) mass is 234 g/mol. The summed E-state index contributed by atoms with van der Waals surface area (Å²) < 4.78 is 5.31. The largest absolute Gasteiger partial charge is 0.478 e. The molecule has 1 aromatic heterocycles. The lowest BCUT2D eigenvalue weighted by molar-refractivity contribution is -0.121. The molecule has 1 amide bonds. The van der Waals surface area contributed by atoms with Gasteiger partial charge in [0.05, 0.1) is 12.6 Å². The molecule has 1 unspecified atom stereocenters. The molecule has 0 radical (unpaired) electrons. The van der Waals surface area contributed by atoms with Gasteiger partial charge in [0.25, 0.3) is 0 Å². The van der Waals surface area contributed by atoms with Crippen LogP contribution in [0.15, 0.2) is 18.3 Å². The summed E-state index contributed by atoms with van der Waals surface area (Å²) in [7, 11) is 0. The fourth-order valence-electron chi connectivity index (χ4n) is 2.26. The quantitative estimate of drug-likeness (QED) is 0.750. The van der Waals surface area contributed by atoms with E-state index in [2.05, 4.69) is 4.98 Å². The topological polar surface area (TPSA) is 42.4 Å². The number of nitrogens with zero attached hydrogens (tertiary/aromatic N) is 2. The predicted octanol–water partition coefficient (Wildman–Crippen LogP) is 2.16. The molecule has 1 aliphatic heterocycles. The second-order valence-electron chi connectivity index (χ2n) is 4.22. The molecule has 0 bridgehead atoms. The molecule has 4 nitrogen and oxygen atoms in total. The SMILES string of the molecule is CCOc1ccc(C2CCCCN2C=O)cn1.